The molecule has 0 aromatic heterocycles. The quantitative estimate of drug-likeness (QED) is 0.310. The number of sulfonamides is 1. The third-order valence-electron chi connectivity index (χ3n) is 3.96. The van der Waals surface area contributed by atoms with Crippen molar-refractivity contribution in [3.63, 3.8) is 0 Å². The van der Waals surface area contributed by atoms with Gasteiger partial charge in [0.1, 0.15) is 18.0 Å². The second kappa shape index (κ2) is 11.3. The molecule has 0 aliphatic carbocycles. The number of anilines is 1. The molecule has 0 atom stereocenters. The van der Waals surface area contributed by atoms with E-state index < -0.39 is 28.4 Å². The Morgan fingerprint density at radius 1 is 1.16 bits per heavy atom. The molecule has 172 valence electrons. The molecule has 0 aliphatic heterocycles. The van der Waals surface area contributed by atoms with E-state index in [2.05, 4.69) is 15.3 Å². The SMILES string of the molecule is COC(=O)COc1ccc(/C=N\NC(=O)CN(c2cc(Cl)ccc2OC)S(C)(=O)=O)cc1. The van der Waals surface area contributed by atoms with E-state index in [4.69, 9.17) is 21.1 Å². The number of hydrazone groups is 1. The van der Waals surface area contributed by atoms with E-state index in [1.165, 1.54) is 32.6 Å². The Bertz CT molecular complexity index is 1090. The lowest BCUT2D eigenvalue weighted by Crippen LogP contribution is -2.39. The molecular weight excluding hydrogens is 462 g/mol. The molecule has 0 radical (unpaired) electrons. The molecule has 0 unspecified atom stereocenters. The van der Waals surface area contributed by atoms with Gasteiger partial charge >= 0.3 is 5.97 Å². The van der Waals surface area contributed by atoms with Gasteiger partial charge in [0.25, 0.3) is 5.91 Å². The molecule has 0 aliphatic rings. The van der Waals surface area contributed by atoms with E-state index in [-0.39, 0.29) is 23.1 Å². The Kier molecular flexibility index (Phi) is 8.85. The van der Waals surface area contributed by atoms with Crippen LogP contribution in [0.5, 0.6) is 11.5 Å². The van der Waals surface area contributed by atoms with Gasteiger partial charge in [0, 0.05) is 5.02 Å². The minimum atomic E-state index is -3.82. The summed E-state index contributed by atoms with van der Waals surface area (Å²) in [4.78, 5) is 23.4. The zero-order valence-electron chi connectivity index (χ0n) is 17.6. The average molecular weight is 484 g/mol. The summed E-state index contributed by atoms with van der Waals surface area (Å²) in [6.07, 6.45) is 2.33. The monoisotopic (exact) mass is 483 g/mol. The molecule has 0 saturated carbocycles. The van der Waals surface area contributed by atoms with Crippen LogP contribution in [0.15, 0.2) is 47.6 Å². The molecule has 2 rings (SSSR count). The Hall–Kier alpha value is -3.31. The number of esters is 1. The smallest absolute Gasteiger partial charge is 0.343 e. The standard InChI is InChI=1S/C20H22ClN3O7S/c1-29-18-9-6-15(21)10-17(18)24(32(3,27)28)12-19(25)23-22-11-14-4-7-16(8-5-14)31-13-20(26)30-2/h4-11H,12-13H2,1-3H3,(H,23,25)/b22-11-. The van der Waals surface area contributed by atoms with Gasteiger partial charge in [-0.05, 0) is 48.0 Å². The number of nitrogens with one attached hydrogen (secondary N) is 1. The number of hydrogen-bond donors (Lipinski definition) is 1. The van der Waals surface area contributed by atoms with Gasteiger partial charge in [-0.1, -0.05) is 11.6 Å². The third-order valence-corrected chi connectivity index (χ3v) is 5.33. The second-order valence-corrected chi connectivity index (χ2v) is 8.66. The van der Waals surface area contributed by atoms with Crippen molar-refractivity contribution in [1.29, 1.82) is 0 Å². The largest absolute Gasteiger partial charge is 0.495 e. The first kappa shape index (κ1) is 25.0. The van der Waals surface area contributed by atoms with Gasteiger partial charge < -0.3 is 14.2 Å². The summed E-state index contributed by atoms with van der Waals surface area (Å²) in [5.74, 6) is -0.481. The van der Waals surface area contributed by atoms with Crippen LogP contribution < -0.4 is 19.2 Å². The van der Waals surface area contributed by atoms with Crippen LogP contribution in [0.2, 0.25) is 5.02 Å². The minimum Gasteiger partial charge on any atom is -0.495 e. The average Bonchev–Trinajstić information content (AvgIpc) is 2.75. The molecule has 1 amide bonds. The summed E-state index contributed by atoms with van der Waals surface area (Å²) in [7, 11) is -1.18. The van der Waals surface area contributed by atoms with Gasteiger partial charge in [-0.2, -0.15) is 5.10 Å². The number of hydrogen-bond acceptors (Lipinski definition) is 8. The lowest BCUT2D eigenvalue weighted by molar-refractivity contribution is -0.142. The Morgan fingerprint density at radius 3 is 2.44 bits per heavy atom. The van der Waals surface area contributed by atoms with Crippen LogP contribution in [0.4, 0.5) is 5.69 Å². The van der Waals surface area contributed by atoms with E-state index in [1.54, 1.807) is 30.3 Å². The highest BCUT2D eigenvalue weighted by Crippen LogP contribution is 2.32. The molecule has 0 spiro atoms. The number of halogens is 1. The maximum Gasteiger partial charge on any atom is 0.343 e. The van der Waals surface area contributed by atoms with Gasteiger partial charge in [0.2, 0.25) is 10.0 Å². The van der Waals surface area contributed by atoms with Crippen LogP contribution in [-0.4, -0.2) is 60.1 Å². The Morgan fingerprint density at radius 2 is 1.84 bits per heavy atom. The Balaban J connectivity index is 2.03. The summed E-state index contributed by atoms with van der Waals surface area (Å²) >= 11 is 5.98. The zero-order valence-corrected chi connectivity index (χ0v) is 19.1. The van der Waals surface area contributed by atoms with Crippen LogP contribution in [0.25, 0.3) is 0 Å². The lowest BCUT2D eigenvalue weighted by Gasteiger charge is -2.23. The molecule has 32 heavy (non-hydrogen) atoms. The van der Waals surface area contributed by atoms with Crippen molar-refractivity contribution in [2.45, 2.75) is 0 Å². The molecule has 12 heteroatoms. The van der Waals surface area contributed by atoms with Crippen LogP contribution >= 0.6 is 11.6 Å². The first-order valence-electron chi connectivity index (χ1n) is 9.07. The van der Waals surface area contributed by atoms with Crippen LogP contribution in [0.1, 0.15) is 5.56 Å². The molecule has 2 aromatic carbocycles. The lowest BCUT2D eigenvalue weighted by atomic mass is 10.2. The molecule has 0 fully saturated rings. The fraction of sp³-hybridized carbons (Fsp3) is 0.250. The number of carbonyl (C=O) groups excluding carboxylic acids is 2. The highest BCUT2D eigenvalue weighted by atomic mass is 35.5. The van der Waals surface area contributed by atoms with Crippen molar-refractivity contribution in [2.24, 2.45) is 5.10 Å². The first-order chi connectivity index (χ1) is 15.1. The molecule has 0 bridgehead atoms. The van der Waals surface area contributed by atoms with E-state index in [0.717, 1.165) is 10.6 Å². The number of rotatable bonds is 10. The number of carbonyl (C=O) groups is 2. The summed E-state index contributed by atoms with van der Waals surface area (Å²) in [5.41, 5.74) is 3.04. The second-order valence-electron chi connectivity index (χ2n) is 6.31. The number of nitrogens with zero attached hydrogens (tertiary/aromatic N) is 2. The topological polar surface area (TPSA) is 124 Å². The van der Waals surface area contributed by atoms with Crippen LogP contribution in [0, 0.1) is 0 Å². The van der Waals surface area contributed by atoms with Gasteiger partial charge in [0.15, 0.2) is 6.61 Å². The summed E-state index contributed by atoms with van der Waals surface area (Å²) < 4.78 is 40.3. The summed E-state index contributed by atoms with van der Waals surface area (Å²) in [6, 6.07) is 11.0. The van der Waals surface area contributed by atoms with E-state index in [9.17, 15) is 18.0 Å². The highest BCUT2D eigenvalue weighted by Gasteiger charge is 2.24. The van der Waals surface area contributed by atoms with Crippen molar-refractivity contribution in [3.8, 4) is 11.5 Å². The molecule has 1 N–H and O–H groups in total. The molecule has 0 saturated heterocycles. The van der Waals surface area contributed by atoms with Gasteiger partial charge in [-0.15, -0.1) is 0 Å². The van der Waals surface area contributed by atoms with Crippen molar-refractivity contribution >= 4 is 45.4 Å². The first-order valence-corrected chi connectivity index (χ1v) is 11.3. The van der Waals surface area contributed by atoms with Gasteiger partial charge in [-0.25, -0.2) is 18.6 Å². The Labute approximate surface area is 190 Å². The van der Waals surface area contributed by atoms with Crippen molar-refractivity contribution in [3.05, 3.63) is 53.1 Å². The van der Waals surface area contributed by atoms with Crippen LogP contribution in [-0.2, 0) is 24.3 Å². The number of ether oxygens (including phenoxy) is 3. The number of benzene rings is 2. The summed E-state index contributed by atoms with van der Waals surface area (Å²) in [5, 5.41) is 4.11. The maximum atomic E-state index is 12.3. The predicted molar refractivity (Wildman–Crippen MR) is 120 cm³/mol. The van der Waals surface area contributed by atoms with E-state index in [0.29, 0.717) is 11.3 Å². The molecule has 10 nitrogen and oxygen atoms in total. The number of methoxy groups -OCH3 is 2. The maximum absolute atomic E-state index is 12.3. The zero-order chi connectivity index (χ0) is 23.7. The highest BCUT2D eigenvalue weighted by molar-refractivity contribution is 7.92. The van der Waals surface area contributed by atoms with Crippen molar-refractivity contribution in [2.75, 3.05) is 37.9 Å². The van der Waals surface area contributed by atoms with Gasteiger partial charge in [0.05, 0.1) is 32.4 Å². The van der Waals surface area contributed by atoms with Crippen LogP contribution in [0.3, 0.4) is 0 Å². The molecular formula is C20H22ClN3O7S. The fourth-order valence-corrected chi connectivity index (χ4v) is 3.45. The van der Waals surface area contributed by atoms with Crippen molar-refractivity contribution < 1.29 is 32.2 Å². The molecule has 2 aromatic rings. The third kappa shape index (κ3) is 7.43. The fourth-order valence-electron chi connectivity index (χ4n) is 2.44. The predicted octanol–water partition coefficient (Wildman–Crippen LogP) is 1.82. The van der Waals surface area contributed by atoms with Gasteiger partial charge in [-0.3, -0.25) is 9.10 Å². The molecule has 0 heterocycles. The number of amides is 1. The van der Waals surface area contributed by atoms with E-state index >= 15 is 0 Å². The summed E-state index contributed by atoms with van der Waals surface area (Å²) in [6.45, 7) is -0.749. The normalized spacial score (nSPS) is 11.1. The minimum absolute atomic E-state index is 0.129. The van der Waals surface area contributed by atoms with E-state index in [1.807, 2.05) is 0 Å². The van der Waals surface area contributed by atoms with Crippen molar-refractivity contribution in [1.82, 2.24) is 5.43 Å².